The van der Waals surface area contributed by atoms with E-state index < -0.39 is 51.1 Å². The number of Topliss-reactive ketones (excluding diaryl/α,β-unsaturated/α-hetero) is 1. The van der Waals surface area contributed by atoms with Gasteiger partial charge in [0.1, 0.15) is 12.1 Å². The van der Waals surface area contributed by atoms with Gasteiger partial charge in [0.2, 0.25) is 33.5 Å². The minimum atomic E-state index is -3.76. The normalized spacial score (nSPS) is 26.0. The highest BCUT2D eigenvalue weighted by Crippen LogP contribution is 2.65. The average molecular weight is 632 g/mol. The Morgan fingerprint density at radius 3 is 2.47 bits per heavy atom. The predicted molar refractivity (Wildman–Crippen MR) is 164 cm³/mol. The first-order valence-corrected chi connectivity index (χ1v) is 17.3. The average Bonchev–Trinajstić information content (AvgIpc) is 3.45. The summed E-state index contributed by atoms with van der Waals surface area (Å²) in [6, 6.07) is 4.46. The number of para-hydroxylation sites is 1. The van der Waals surface area contributed by atoms with Crippen molar-refractivity contribution < 1.29 is 27.6 Å². The number of thiazole rings is 1. The van der Waals surface area contributed by atoms with E-state index in [9.17, 15) is 27.6 Å². The number of nitrogens with zero attached hydrogens (tertiary/aromatic N) is 2. The zero-order valence-electron chi connectivity index (χ0n) is 25.4. The van der Waals surface area contributed by atoms with Crippen LogP contribution in [0.2, 0.25) is 0 Å². The van der Waals surface area contributed by atoms with Gasteiger partial charge < -0.3 is 15.5 Å². The number of rotatable bonds is 11. The molecule has 1 aromatic heterocycles. The lowest BCUT2D eigenvalue weighted by molar-refractivity contribution is -0.142. The minimum Gasteiger partial charge on any atom is -0.356 e. The van der Waals surface area contributed by atoms with Gasteiger partial charge in [-0.2, -0.15) is 0 Å². The molecule has 0 radical (unpaired) electrons. The molecule has 13 heteroatoms. The molecule has 3 amide bonds. The summed E-state index contributed by atoms with van der Waals surface area (Å²) < 4.78 is 28.9. The molecular formula is C30H41N5O6S2. The molecule has 2 aliphatic heterocycles. The molecule has 0 unspecified atom stereocenters. The number of piperidine rings is 1. The Balaban J connectivity index is 1.43. The van der Waals surface area contributed by atoms with Crippen LogP contribution in [0.4, 0.5) is 0 Å². The second-order valence-electron chi connectivity index (χ2n) is 13.2. The minimum absolute atomic E-state index is 0.0701. The summed E-state index contributed by atoms with van der Waals surface area (Å²) >= 11 is 1.24. The van der Waals surface area contributed by atoms with Crippen molar-refractivity contribution >= 4 is 55.1 Å². The van der Waals surface area contributed by atoms with E-state index in [0.29, 0.717) is 25.0 Å². The largest absolute Gasteiger partial charge is 0.356 e. The Morgan fingerprint density at radius 2 is 1.86 bits per heavy atom. The Labute approximate surface area is 256 Å². The summed E-state index contributed by atoms with van der Waals surface area (Å²) in [6.07, 6.45) is 0.670. The maximum absolute atomic E-state index is 14.1. The van der Waals surface area contributed by atoms with Crippen LogP contribution in [0.5, 0.6) is 0 Å². The molecule has 2 aromatic rings. The summed E-state index contributed by atoms with van der Waals surface area (Å²) in [5.41, 5.74) is 0.486. The molecule has 3 heterocycles. The number of aromatic nitrogens is 1. The van der Waals surface area contributed by atoms with Crippen LogP contribution in [0, 0.1) is 29.1 Å². The highest BCUT2D eigenvalue weighted by Gasteiger charge is 2.69. The number of hydrogen-bond donors (Lipinski definition) is 3. The molecule has 3 fully saturated rings. The standard InChI is InChI=1S/C30H41N5O6S2/c1-15(2)23(34-43(40,41)16(3)4)29(39)35-14-18-22(30(18,5)6)24(35)27(38)32-20(13-17-11-12-31-26(17)37)25(36)28-33-19-9-7-8-10-21(19)42-28/h7-10,15-18,20,22-24,34H,11-14H2,1-6H3,(H,31,37)(H,32,38)/t17-,18-,20-,22-,23+,24-/m0/s1. The van der Waals surface area contributed by atoms with E-state index >= 15 is 0 Å². The Bertz CT molecular complexity index is 1520. The second-order valence-corrected chi connectivity index (χ2v) is 16.5. The van der Waals surface area contributed by atoms with E-state index in [4.69, 9.17) is 0 Å². The van der Waals surface area contributed by atoms with Crippen LogP contribution in [-0.2, 0) is 24.4 Å². The Morgan fingerprint density at radius 1 is 1.16 bits per heavy atom. The molecule has 1 aromatic carbocycles. The smallest absolute Gasteiger partial charge is 0.243 e. The van der Waals surface area contributed by atoms with E-state index in [-0.39, 0.29) is 46.3 Å². The number of likely N-dealkylation sites (tertiary alicyclic amines) is 1. The number of amides is 3. The van der Waals surface area contributed by atoms with E-state index in [1.807, 2.05) is 24.3 Å². The fourth-order valence-corrected chi connectivity index (χ4v) is 8.51. The molecule has 2 saturated heterocycles. The highest BCUT2D eigenvalue weighted by molar-refractivity contribution is 7.90. The zero-order chi connectivity index (χ0) is 31.4. The van der Waals surface area contributed by atoms with Gasteiger partial charge in [0.15, 0.2) is 5.01 Å². The number of benzene rings is 1. The Hall–Kier alpha value is -2.90. The van der Waals surface area contributed by atoms with Gasteiger partial charge in [-0.3, -0.25) is 19.2 Å². The number of carbonyl (C=O) groups excluding carboxylic acids is 4. The lowest BCUT2D eigenvalue weighted by Gasteiger charge is -2.35. The molecule has 11 nitrogen and oxygen atoms in total. The maximum atomic E-state index is 14.1. The van der Waals surface area contributed by atoms with Crippen LogP contribution in [0.25, 0.3) is 10.2 Å². The molecule has 3 N–H and O–H groups in total. The fraction of sp³-hybridized carbons (Fsp3) is 0.633. The van der Waals surface area contributed by atoms with Gasteiger partial charge >= 0.3 is 0 Å². The van der Waals surface area contributed by atoms with E-state index in [1.165, 1.54) is 16.2 Å². The van der Waals surface area contributed by atoms with Gasteiger partial charge in [-0.05, 0) is 62.0 Å². The van der Waals surface area contributed by atoms with Crippen LogP contribution in [0.3, 0.4) is 0 Å². The number of hydrogen-bond acceptors (Lipinski definition) is 8. The van der Waals surface area contributed by atoms with Crippen molar-refractivity contribution in [3.8, 4) is 0 Å². The topological polar surface area (TPSA) is 155 Å². The maximum Gasteiger partial charge on any atom is 0.243 e. The monoisotopic (exact) mass is 631 g/mol. The number of carbonyl (C=O) groups is 4. The van der Waals surface area contributed by atoms with E-state index in [2.05, 4.69) is 34.2 Å². The number of fused-ring (bicyclic) bond motifs is 2. The molecule has 5 rings (SSSR count). The predicted octanol–water partition coefficient (Wildman–Crippen LogP) is 2.33. The lowest BCUT2D eigenvalue weighted by atomic mass is 9.94. The first-order valence-electron chi connectivity index (χ1n) is 14.9. The van der Waals surface area contributed by atoms with Crippen molar-refractivity contribution in [2.45, 2.75) is 77.8 Å². The van der Waals surface area contributed by atoms with Crippen LogP contribution >= 0.6 is 11.3 Å². The molecule has 0 spiro atoms. The second kappa shape index (κ2) is 11.6. The molecule has 234 valence electrons. The third kappa shape index (κ3) is 5.95. The molecule has 3 aliphatic rings. The quantitative estimate of drug-likeness (QED) is 0.322. The van der Waals surface area contributed by atoms with Crippen molar-refractivity contribution in [3.05, 3.63) is 29.3 Å². The number of nitrogens with one attached hydrogen (secondary N) is 3. The number of ketones is 1. The van der Waals surface area contributed by atoms with Gasteiger partial charge in [0.25, 0.3) is 0 Å². The van der Waals surface area contributed by atoms with Gasteiger partial charge in [-0.25, -0.2) is 18.1 Å². The van der Waals surface area contributed by atoms with Crippen molar-refractivity contribution in [1.82, 2.24) is 25.2 Å². The van der Waals surface area contributed by atoms with Gasteiger partial charge in [-0.15, -0.1) is 11.3 Å². The molecule has 0 bridgehead atoms. The van der Waals surface area contributed by atoms with Crippen LogP contribution in [0.15, 0.2) is 24.3 Å². The molecule has 43 heavy (non-hydrogen) atoms. The summed E-state index contributed by atoms with van der Waals surface area (Å²) in [5.74, 6) is -2.32. The van der Waals surface area contributed by atoms with Crippen molar-refractivity contribution in [1.29, 1.82) is 0 Å². The van der Waals surface area contributed by atoms with E-state index in [1.54, 1.807) is 27.7 Å². The summed E-state index contributed by atoms with van der Waals surface area (Å²) in [7, 11) is -3.76. The molecular weight excluding hydrogens is 590 g/mol. The van der Waals surface area contributed by atoms with E-state index in [0.717, 1.165) is 4.70 Å². The zero-order valence-corrected chi connectivity index (χ0v) is 27.1. The SMILES string of the molecule is CC(C)[C@@H](NS(=O)(=O)C(C)C)C(=O)N1C[C@H]2[C@@H]([C@H]1C(=O)N[C@@H](C[C@@H]1CCNC1=O)C(=O)c1nc3ccccc3s1)C2(C)C. The first kappa shape index (κ1) is 31.5. The lowest BCUT2D eigenvalue weighted by Crippen LogP contribution is -2.59. The Kier molecular flexibility index (Phi) is 8.47. The molecule has 6 atom stereocenters. The van der Waals surface area contributed by atoms with Gasteiger partial charge in [-0.1, -0.05) is 39.8 Å². The van der Waals surface area contributed by atoms with Gasteiger partial charge in [0.05, 0.1) is 21.5 Å². The van der Waals surface area contributed by atoms with Gasteiger partial charge in [0, 0.05) is 19.0 Å². The van der Waals surface area contributed by atoms with Crippen LogP contribution < -0.4 is 15.4 Å². The molecule has 1 saturated carbocycles. The van der Waals surface area contributed by atoms with Crippen LogP contribution in [0.1, 0.15) is 64.2 Å². The van der Waals surface area contributed by atoms with Crippen molar-refractivity contribution in [3.63, 3.8) is 0 Å². The summed E-state index contributed by atoms with van der Waals surface area (Å²) in [5, 5.41) is 5.24. The first-order chi connectivity index (χ1) is 20.1. The summed E-state index contributed by atoms with van der Waals surface area (Å²) in [6.45, 7) is 11.6. The fourth-order valence-electron chi connectivity index (χ4n) is 6.55. The third-order valence-electron chi connectivity index (χ3n) is 9.43. The third-order valence-corrected chi connectivity index (χ3v) is 12.3. The highest BCUT2D eigenvalue weighted by atomic mass is 32.2. The van der Waals surface area contributed by atoms with Crippen molar-refractivity contribution in [2.24, 2.45) is 29.1 Å². The molecule has 1 aliphatic carbocycles. The van der Waals surface area contributed by atoms with Crippen molar-refractivity contribution in [2.75, 3.05) is 13.1 Å². The summed E-state index contributed by atoms with van der Waals surface area (Å²) in [4.78, 5) is 60.4. The number of sulfonamides is 1. The van der Waals surface area contributed by atoms with Crippen LogP contribution in [-0.4, -0.2) is 78.3 Å².